The molecular formula is C18H16OS. The lowest BCUT2D eigenvalue weighted by molar-refractivity contribution is 0.0961. The molecule has 20 heavy (non-hydrogen) atoms. The highest BCUT2D eigenvalue weighted by molar-refractivity contribution is 7.20. The number of Topliss-reactive ketones (excluding diaryl/α,β-unsaturated/α-hetero) is 1. The lowest BCUT2D eigenvalue weighted by Gasteiger charge is -2.12. The molecule has 0 radical (unpaired) electrons. The van der Waals surface area contributed by atoms with Crippen molar-refractivity contribution in [1.82, 2.24) is 0 Å². The second-order valence-electron chi connectivity index (χ2n) is 4.88. The Hall–Kier alpha value is -1.93. The van der Waals surface area contributed by atoms with Gasteiger partial charge in [-0.15, -0.1) is 11.3 Å². The summed E-state index contributed by atoms with van der Waals surface area (Å²) in [5.41, 5.74) is 1.11. The molecule has 0 fully saturated rings. The first kappa shape index (κ1) is 13.1. The van der Waals surface area contributed by atoms with Crippen molar-refractivity contribution < 1.29 is 4.79 Å². The summed E-state index contributed by atoms with van der Waals surface area (Å²) in [4.78, 5) is 13.6. The van der Waals surface area contributed by atoms with Gasteiger partial charge in [0.25, 0.3) is 0 Å². The Morgan fingerprint density at radius 3 is 2.45 bits per heavy atom. The van der Waals surface area contributed by atoms with Crippen molar-refractivity contribution in [2.24, 2.45) is 0 Å². The maximum atomic E-state index is 12.8. The van der Waals surface area contributed by atoms with Gasteiger partial charge in [-0.2, -0.15) is 0 Å². The van der Waals surface area contributed by atoms with E-state index in [1.165, 1.54) is 4.70 Å². The molecule has 2 heteroatoms. The summed E-state index contributed by atoms with van der Waals surface area (Å²) in [5, 5.41) is 1.16. The maximum absolute atomic E-state index is 12.8. The number of benzene rings is 2. The topological polar surface area (TPSA) is 17.1 Å². The second kappa shape index (κ2) is 5.59. The Morgan fingerprint density at radius 2 is 1.75 bits per heavy atom. The van der Waals surface area contributed by atoms with Crippen LogP contribution < -0.4 is 0 Å². The minimum Gasteiger partial charge on any atom is -0.293 e. The minimum absolute atomic E-state index is 0.0377. The third-order valence-corrected chi connectivity index (χ3v) is 4.73. The quantitative estimate of drug-likeness (QED) is 0.594. The molecule has 1 atom stereocenters. The van der Waals surface area contributed by atoms with Crippen LogP contribution >= 0.6 is 11.3 Å². The van der Waals surface area contributed by atoms with Gasteiger partial charge in [-0.05, 0) is 29.5 Å². The van der Waals surface area contributed by atoms with Crippen LogP contribution in [0.3, 0.4) is 0 Å². The molecule has 0 bridgehead atoms. The summed E-state index contributed by atoms with van der Waals surface area (Å²) in [6.07, 6.45) is 0.830. The molecule has 0 aliphatic heterocycles. The van der Waals surface area contributed by atoms with Crippen LogP contribution in [0.15, 0.2) is 60.7 Å². The molecule has 0 amide bonds. The molecule has 0 N–H and O–H groups in total. The Labute approximate surface area is 122 Å². The van der Waals surface area contributed by atoms with E-state index in [2.05, 4.69) is 19.1 Å². The van der Waals surface area contributed by atoms with Crippen molar-refractivity contribution in [2.45, 2.75) is 19.3 Å². The predicted molar refractivity (Wildman–Crippen MR) is 85.6 cm³/mol. The standard InChI is InChI=1S/C18H16OS/c1-2-15(13-8-4-3-5-9-13)18(19)17-12-14-10-6-7-11-16(14)20-17/h3-12,15H,2H2,1H3/t15-/m0/s1. The van der Waals surface area contributed by atoms with Crippen molar-refractivity contribution in [3.8, 4) is 0 Å². The van der Waals surface area contributed by atoms with Gasteiger partial charge >= 0.3 is 0 Å². The maximum Gasteiger partial charge on any atom is 0.180 e. The fraction of sp³-hybridized carbons (Fsp3) is 0.167. The SMILES string of the molecule is CC[C@H](C(=O)c1cc2ccccc2s1)c1ccccc1. The van der Waals surface area contributed by atoms with Gasteiger partial charge < -0.3 is 0 Å². The van der Waals surface area contributed by atoms with Crippen LogP contribution in [-0.4, -0.2) is 5.78 Å². The summed E-state index contributed by atoms with van der Waals surface area (Å²) >= 11 is 1.59. The predicted octanol–water partition coefficient (Wildman–Crippen LogP) is 5.28. The van der Waals surface area contributed by atoms with E-state index in [1.54, 1.807) is 11.3 Å². The smallest absolute Gasteiger partial charge is 0.180 e. The molecule has 3 rings (SSSR count). The summed E-state index contributed by atoms with van der Waals surface area (Å²) in [6.45, 7) is 2.07. The van der Waals surface area contributed by atoms with E-state index >= 15 is 0 Å². The van der Waals surface area contributed by atoms with Gasteiger partial charge in [0.05, 0.1) is 4.88 Å². The van der Waals surface area contributed by atoms with Crippen LogP contribution in [0.4, 0.5) is 0 Å². The average molecular weight is 280 g/mol. The number of carbonyl (C=O) groups excluding carboxylic acids is 1. The first-order chi connectivity index (χ1) is 9.79. The lowest BCUT2D eigenvalue weighted by atomic mass is 9.91. The van der Waals surface area contributed by atoms with Gasteiger partial charge in [0.1, 0.15) is 0 Å². The van der Waals surface area contributed by atoms with E-state index in [0.29, 0.717) is 0 Å². The largest absolute Gasteiger partial charge is 0.293 e. The molecule has 0 saturated carbocycles. The molecule has 0 aliphatic carbocycles. The highest BCUT2D eigenvalue weighted by Crippen LogP contribution is 2.31. The molecule has 0 aliphatic rings. The molecule has 1 aromatic heterocycles. The molecule has 0 saturated heterocycles. The fourth-order valence-electron chi connectivity index (χ4n) is 2.53. The normalized spacial score (nSPS) is 12.4. The number of hydrogen-bond acceptors (Lipinski definition) is 2. The molecule has 0 spiro atoms. The van der Waals surface area contributed by atoms with Crippen LogP contribution in [0, 0.1) is 0 Å². The number of hydrogen-bond donors (Lipinski definition) is 0. The fourth-order valence-corrected chi connectivity index (χ4v) is 3.59. The Bertz CT molecular complexity index is 694. The first-order valence-electron chi connectivity index (χ1n) is 6.87. The molecule has 1 heterocycles. The van der Waals surface area contributed by atoms with E-state index in [-0.39, 0.29) is 11.7 Å². The Kier molecular flexibility index (Phi) is 3.66. The molecule has 100 valence electrons. The number of ketones is 1. The van der Waals surface area contributed by atoms with Crippen LogP contribution in [0.1, 0.15) is 34.5 Å². The first-order valence-corrected chi connectivity index (χ1v) is 7.69. The van der Waals surface area contributed by atoms with Gasteiger partial charge in [0.2, 0.25) is 0 Å². The average Bonchev–Trinajstić information content (AvgIpc) is 2.93. The van der Waals surface area contributed by atoms with Gasteiger partial charge in [-0.3, -0.25) is 4.79 Å². The van der Waals surface area contributed by atoms with E-state index in [4.69, 9.17) is 0 Å². The lowest BCUT2D eigenvalue weighted by Crippen LogP contribution is -2.10. The molecular weight excluding hydrogens is 264 g/mol. The third-order valence-electron chi connectivity index (χ3n) is 3.60. The van der Waals surface area contributed by atoms with Gasteiger partial charge in [-0.25, -0.2) is 0 Å². The summed E-state index contributed by atoms with van der Waals surface area (Å²) in [6, 6.07) is 20.2. The van der Waals surface area contributed by atoms with E-state index in [9.17, 15) is 4.79 Å². The zero-order chi connectivity index (χ0) is 13.9. The summed E-state index contributed by atoms with van der Waals surface area (Å²) < 4.78 is 1.18. The third kappa shape index (κ3) is 2.39. The van der Waals surface area contributed by atoms with Gasteiger partial charge in [0, 0.05) is 10.6 Å². The highest BCUT2D eigenvalue weighted by atomic mass is 32.1. The van der Waals surface area contributed by atoms with Crippen LogP contribution in [-0.2, 0) is 0 Å². The second-order valence-corrected chi connectivity index (χ2v) is 5.97. The molecule has 0 unspecified atom stereocenters. The number of fused-ring (bicyclic) bond motifs is 1. The van der Waals surface area contributed by atoms with E-state index < -0.39 is 0 Å². The number of thiophene rings is 1. The Balaban J connectivity index is 1.98. The van der Waals surface area contributed by atoms with Crippen molar-refractivity contribution in [1.29, 1.82) is 0 Å². The van der Waals surface area contributed by atoms with Gasteiger partial charge in [0.15, 0.2) is 5.78 Å². The van der Waals surface area contributed by atoms with Gasteiger partial charge in [-0.1, -0.05) is 55.5 Å². The number of rotatable bonds is 4. The summed E-state index contributed by atoms with van der Waals surface area (Å²) in [5.74, 6) is 0.198. The van der Waals surface area contributed by atoms with Crippen LogP contribution in [0.5, 0.6) is 0 Å². The zero-order valence-corrected chi connectivity index (χ0v) is 12.2. The molecule has 2 aromatic carbocycles. The monoisotopic (exact) mass is 280 g/mol. The van der Waals surface area contributed by atoms with Crippen LogP contribution in [0.25, 0.3) is 10.1 Å². The molecule has 3 aromatic rings. The van der Waals surface area contributed by atoms with Crippen molar-refractivity contribution in [2.75, 3.05) is 0 Å². The van der Waals surface area contributed by atoms with Crippen molar-refractivity contribution >= 4 is 27.2 Å². The zero-order valence-electron chi connectivity index (χ0n) is 11.4. The van der Waals surface area contributed by atoms with E-state index in [0.717, 1.165) is 22.2 Å². The number of carbonyl (C=O) groups is 1. The van der Waals surface area contributed by atoms with E-state index in [1.807, 2.05) is 48.5 Å². The minimum atomic E-state index is -0.0377. The van der Waals surface area contributed by atoms with Crippen molar-refractivity contribution in [3.05, 3.63) is 71.1 Å². The van der Waals surface area contributed by atoms with Crippen LogP contribution in [0.2, 0.25) is 0 Å². The Morgan fingerprint density at radius 1 is 1.05 bits per heavy atom. The molecule has 1 nitrogen and oxygen atoms in total. The highest BCUT2D eigenvalue weighted by Gasteiger charge is 2.21. The van der Waals surface area contributed by atoms with Crippen molar-refractivity contribution in [3.63, 3.8) is 0 Å². The summed E-state index contributed by atoms with van der Waals surface area (Å²) in [7, 11) is 0.